The Hall–Kier alpha value is -2.87. The van der Waals surface area contributed by atoms with Crippen LogP contribution in [-0.2, 0) is 26.0 Å². The van der Waals surface area contributed by atoms with Gasteiger partial charge in [-0.2, -0.15) is 0 Å². The third-order valence-corrected chi connectivity index (χ3v) is 10.7. The Labute approximate surface area is 220 Å². The van der Waals surface area contributed by atoms with Crippen LogP contribution < -0.4 is 9.62 Å². The van der Waals surface area contributed by atoms with Crippen molar-refractivity contribution in [1.29, 1.82) is 0 Å². The standard InChI is InChI=1S/C29H37N3O4S/c1-21-6-4-5-7-22(21)18-27(34)32-16-14-31(15-17-32)25-10-8-24(9-11-25)30-37(35,36)20-29-13-12-23(19-26(29)33)28(29,2)3/h4-11,23,30H,12-20H2,1-3H3. The van der Waals surface area contributed by atoms with Gasteiger partial charge in [-0.3, -0.25) is 14.3 Å². The molecule has 5 rings (SSSR count). The van der Waals surface area contributed by atoms with Gasteiger partial charge in [0.05, 0.1) is 17.6 Å². The van der Waals surface area contributed by atoms with Gasteiger partial charge in [-0.05, 0) is 66.5 Å². The first-order chi connectivity index (χ1) is 17.5. The van der Waals surface area contributed by atoms with E-state index in [9.17, 15) is 18.0 Å². The topological polar surface area (TPSA) is 86.8 Å². The lowest BCUT2D eigenvalue weighted by Gasteiger charge is -2.36. The summed E-state index contributed by atoms with van der Waals surface area (Å²) in [5.74, 6) is 0.386. The second-order valence-corrected chi connectivity index (χ2v) is 13.3. The number of amides is 1. The number of anilines is 2. The van der Waals surface area contributed by atoms with Crippen LogP contribution in [0, 0.1) is 23.7 Å². The van der Waals surface area contributed by atoms with Crippen LogP contribution in [0.4, 0.5) is 11.4 Å². The summed E-state index contributed by atoms with van der Waals surface area (Å²) in [5.41, 5.74) is 2.65. The van der Waals surface area contributed by atoms with Crippen LogP contribution in [0.2, 0.25) is 0 Å². The van der Waals surface area contributed by atoms with Crippen LogP contribution in [0.5, 0.6) is 0 Å². The van der Waals surface area contributed by atoms with Crippen molar-refractivity contribution in [2.75, 3.05) is 41.6 Å². The van der Waals surface area contributed by atoms with Crippen LogP contribution in [0.1, 0.15) is 44.2 Å². The summed E-state index contributed by atoms with van der Waals surface area (Å²) in [6.07, 6.45) is 2.50. The maximum atomic E-state index is 13.1. The second kappa shape index (κ2) is 9.46. The molecule has 0 radical (unpaired) electrons. The van der Waals surface area contributed by atoms with Crippen molar-refractivity contribution in [3.63, 3.8) is 0 Å². The predicted octanol–water partition coefficient (Wildman–Crippen LogP) is 4.02. The average Bonchev–Trinajstić information content (AvgIpc) is 3.20. The van der Waals surface area contributed by atoms with E-state index >= 15 is 0 Å². The minimum Gasteiger partial charge on any atom is -0.368 e. The Bertz CT molecular complexity index is 1300. The highest BCUT2D eigenvalue weighted by Gasteiger charge is 2.65. The smallest absolute Gasteiger partial charge is 0.233 e. The molecule has 37 heavy (non-hydrogen) atoms. The van der Waals surface area contributed by atoms with E-state index < -0.39 is 15.4 Å². The largest absolute Gasteiger partial charge is 0.368 e. The summed E-state index contributed by atoms with van der Waals surface area (Å²) in [5, 5.41) is 0. The summed E-state index contributed by atoms with van der Waals surface area (Å²) >= 11 is 0. The van der Waals surface area contributed by atoms with Crippen molar-refractivity contribution in [3.8, 4) is 0 Å². The number of benzene rings is 2. The monoisotopic (exact) mass is 523 g/mol. The third kappa shape index (κ3) is 4.76. The number of nitrogens with zero attached hydrogens (tertiary/aromatic N) is 2. The molecular formula is C29H37N3O4S. The second-order valence-electron chi connectivity index (χ2n) is 11.5. The summed E-state index contributed by atoms with van der Waals surface area (Å²) in [4.78, 5) is 29.7. The van der Waals surface area contributed by atoms with Crippen molar-refractivity contribution in [3.05, 3.63) is 59.7 Å². The van der Waals surface area contributed by atoms with E-state index in [1.54, 1.807) is 12.1 Å². The summed E-state index contributed by atoms with van der Waals surface area (Å²) in [6, 6.07) is 15.4. The first-order valence-electron chi connectivity index (χ1n) is 13.2. The average molecular weight is 524 g/mol. The van der Waals surface area contributed by atoms with Crippen LogP contribution in [0.15, 0.2) is 48.5 Å². The highest BCUT2D eigenvalue weighted by Crippen LogP contribution is 2.64. The molecule has 7 nitrogen and oxygen atoms in total. The predicted molar refractivity (Wildman–Crippen MR) is 146 cm³/mol. The Balaban J connectivity index is 1.17. The van der Waals surface area contributed by atoms with Gasteiger partial charge in [-0.25, -0.2) is 8.42 Å². The molecule has 1 N–H and O–H groups in total. The Morgan fingerprint density at radius 3 is 2.30 bits per heavy atom. The number of Topliss-reactive ketones (excluding diaryl/α,β-unsaturated/α-hetero) is 1. The van der Waals surface area contributed by atoms with Gasteiger partial charge in [-0.1, -0.05) is 38.1 Å². The molecule has 8 heteroatoms. The zero-order valence-corrected chi connectivity index (χ0v) is 22.8. The van der Waals surface area contributed by atoms with Gasteiger partial charge in [0.1, 0.15) is 5.78 Å². The zero-order valence-electron chi connectivity index (χ0n) is 22.0. The van der Waals surface area contributed by atoms with Gasteiger partial charge < -0.3 is 9.80 Å². The lowest BCUT2D eigenvalue weighted by Crippen LogP contribution is -2.49. The number of sulfonamides is 1. The molecule has 0 aromatic heterocycles. The number of carbonyl (C=O) groups is 2. The number of piperazine rings is 1. The number of rotatable bonds is 7. The van der Waals surface area contributed by atoms with Gasteiger partial charge in [0.15, 0.2) is 0 Å². The third-order valence-electron chi connectivity index (χ3n) is 9.32. The summed E-state index contributed by atoms with van der Waals surface area (Å²) < 4.78 is 28.9. The van der Waals surface area contributed by atoms with Crippen LogP contribution in [0.3, 0.4) is 0 Å². The maximum Gasteiger partial charge on any atom is 0.233 e. The molecule has 1 aliphatic heterocycles. The molecule has 2 aromatic rings. The van der Waals surface area contributed by atoms with E-state index in [4.69, 9.17) is 0 Å². The highest BCUT2D eigenvalue weighted by molar-refractivity contribution is 7.92. The van der Waals surface area contributed by atoms with Crippen molar-refractivity contribution in [2.45, 2.75) is 46.5 Å². The van der Waals surface area contributed by atoms with Gasteiger partial charge in [0, 0.05) is 44.0 Å². The molecule has 0 spiro atoms. The van der Waals surface area contributed by atoms with Crippen molar-refractivity contribution < 1.29 is 18.0 Å². The number of nitrogens with one attached hydrogen (secondary N) is 1. The van der Waals surface area contributed by atoms with Gasteiger partial charge in [-0.15, -0.1) is 0 Å². The van der Waals surface area contributed by atoms with Gasteiger partial charge in [0.2, 0.25) is 15.9 Å². The van der Waals surface area contributed by atoms with Crippen molar-refractivity contribution in [1.82, 2.24) is 4.90 Å². The number of hydrogen-bond acceptors (Lipinski definition) is 5. The fraction of sp³-hybridized carbons (Fsp3) is 0.517. The molecule has 1 heterocycles. The number of aryl methyl sites for hydroxylation is 1. The number of fused-ring (bicyclic) bond motifs is 2. The van der Waals surface area contributed by atoms with Crippen LogP contribution in [-0.4, -0.2) is 56.9 Å². The molecule has 3 fully saturated rings. The highest BCUT2D eigenvalue weighted by atomic mass is 32.2. The Morgan fingerprint density at radius 2 is 1.70 bits per heavy atom. The fourth-order valence-electron chi connectivity index (χ4n) is 6.69. The number of hydrogen-bond donors (Lipinski definition) is 1. The Kier molecular flexibility index (Phi) is 6.59. The lowest BCUT2D eigenvalue weighted by molar-refractivity contribution is -0.131. The molecule has 2 bridgehead atoms. The molecule has 2 unspecified atom stereocenters. The molecule has 198 valence electrons. The van der Waals surface area contributed by atoms with Crippen LogP contribution >= 0.6 is 0 Å². The first-order valence-corrected chi connectivity index (χ1v) is 14.9. The zero-order chi connectivity index (χ0) is 26.4. The SMILES string of the molecule is Cc1ccccc1CC(=O)N1CCN(c2ccc(NS(=O)(=O)CC34CCC(CC3=O)C4(C)C)cc2)CC1. The van der Waals surface area contributed by atoms with Gasteiger partial charge >= 0.3 is 0 Å². The minimum atomic E-state index is -3.68. The minimum absolute atomic E-state index is 0.103. The van der Waals surface area contributed by atoms with E-state index in [-0.39, 0.29) is 28.8 Å². The molecular weight excluding hydrogens is 486 g/mol. The van der Waals surface area contributed by atoms with E-state index in [1.807, 2.05) is 48.2 Å². The lowest BCUT2D eigenvalue weighted by atomic mass is 9.70. The number of ketones is 1. The van der Waals surface area contributed by atoms with E-state index in [0.717, 1.165) is 36.3 Å². The van der Waals surface area contributed by atoms with Crippen LogP contribution in [0.25, 0.3) is 0 Å². The molecule has 1 amide bonds. The number of carbonyl (C=O) groups excluding carboxylic acids is 2. The van der Waals surface area contributed by atoms with E-state index in [2.05, 4.69) is 23.5 Å². The molecule has 2 saturated carbocycles. The van der Waals surface area contributed by atoms with Gasteiger partial charge in [0.25, 0.3) is 0 Å². The quantitative estimate of drug-likeness (QED) is 0.592. The van der Waals surface area contributed by atoms with Crippen molar-refractivity contribution in [2.24, 2.45) is 16.7 Å². The van der Waals surface area contributed by atoms with E-state index in [1.165, 1.54) is 0 Å². The first kappa shape index (κ1) is 25.8. The molecule has 1 saturated heterocycles. The maximum absolute atomic E-state index is 13.1. The van der Waals surface area contributed by atoms with E-state index in [0.29, 0.717) is 38.0 Å². The van der Waals surface area contributed by atoms with Crippen molar-refractivity contribution >= 4 is 33.1 Å². The molecule has 2 aliphatic carbocycles. The molecule has 2 aromatic carbocycles. The molecule has 2 atom stereocenters. The fourth-order valence-corrected chi connectivity index (χ4v) is 8.58. The normalized spacial score (nSPS) is 24.9. The Morgan fingerprint density at radius 1 is 1.03 bits per heavy atom. The molecule has 3 aliphatic rings. The summed E-state index contributed by atoms with van der Waals surface area (Å²) in [7, 11) is -3.68. The summed E-state index contributed by atoms with van der Waals surface area (Å²) in [6.45, 7) is 8.91.